The first kappa shape index (κ1) is 38.0. The molecule has 0 aliphatic rings. The molecule has 0 saturated carbocycles. The first-order valence-corrected chi connectivity index (χ1v) is 14.8. The van der Waals surface area contributed by atoms with Gasteiger partial charge in [0.05, 0.1) is 29.1 Å². The average molecular weight is 699 g/mol. The largest absolute Gasteiger partial charge is 0.493 e. The number of halogens is 5. The van der Waals surface area contributed by atoms with Crippen LogP contribution < -0.4 is 14.8 Å². The number of aliphatic carboxylic acids is 1. The van der Waals surface area contributed by atoms with Crippen LogP contribution in [0.1, 0.15) is 69.1 Å². The Bertz CT molecular complexity index is 1690. The summed E-state index contributed by atoms with van der Waals surface area (Å²) >= 11 is 5.95. The van der Waals surface area contributed by atoms with Gasteiger partial charge in [0.25, 0.3) is 0 Å². The van der Waals surface area contributed by atoms with Gasteiger partial charge in [0.2, 0.25) is 5.60 Å². The lowest BCUT2D eigenvalue weighted by atomic mass is 9.86. The van der Waals surface area contributed by atoms with Gasteiger partial charge in [-0.15, -0.1) is 0 Å². The van der Waals surface area contributed by atoms with Crippen LogP contribution in [-0.2, 0) is 20.7 Å². The Morgan fingerprint density at radius 1 is 0.958 bits per heavy atom. The third kappa shape index (κ3) is 9.34. The number of ketones is 1. The topological polar surface area (TPSA) is 144 Å². The van der Waals surface area contributed by atoms with E-state index in [9.17, 15) is 37.1 Å². The Morgan fingerprint density at radius 3 is 2.19 bits per heavy atom. The molecule has 3 aromatic rings. The van der Waals surface area contributed by atoms with Gasteiger partial charge in [-0.2, -0.15) is 13.2 Å². The van der Waals surface area contributed by atoms with Gasteiger partial charge in [0.15, 0.2) is 23.9 Å². The van der Waals surface area contributed by atoms with Crippen molar-refractivity contribution in [1.82, 2.24) is 10.3 Å². The fourth-order valence-corrected chi connectivity index (χ4v) is 4.67. The van der Waals surface area contributed by atoms with Gasteiger partial charge in [-0.05, 0) is 95.1 Å². The summed E-state index contributed by atoms with van der Waals surface area (Å²) in [6, 6.07) is 9.31. The minimum absolute atomic E-state index is 0.0136. The Kier molecular flexibility index (Phi) is 11.4. The maximum atomic E-state index is 14.8. The summed E-state index contributed by atoms with van der Waals surface area (Å²) < 4.78 is 73.9. The Morgan fingerprint density at radius 2 is 1.62 bits per heavy atom. The number of methoxy groups -OCH3 is 1. The standard InChI is InChI=1S/C33H35ClF4N2O8/c1-30(2,3)48-29(44)40-31(4,5)20-15-23(18-7-9-22(35)21(34)13-18)39-27(16-20)32(45,33(36,37)38)12-11-24(41)19-8-10-25(26(14-19)46-6)47-17-28(42)43/h7-10,13-16,45H,11-12,17H2,1-6H3,(H,40,44)(H,42,43). The zero-order valence-electron chi connectivity index (χ0n) is 26.9. The maximum Gasteiger partial charge on any atom is 0.422 e. The highest BCUT2D eigenvalue weighted by atomic mass is 35.5. The number of ether oxygens (including phenoxy) is 3. The molecule has 1 aromatic heterocycles. The molecule has 1 heterocycles. The molecule has 3 rings (SSSR count). The van der Waals surface area contributed by atoms with Crippen molar-refractivity contribution in [2.75, 3.05) is 13.7 Å². The number of rotatable bonds is 12. The van der Waals surface area contributed by atoms with Crippen molar-refractivity contribution in [3.8, 4) is 22.8 Å². The second-order valence-electron chi connectivity index (χ2n) is 12.3. The number of alkyl halides is 3. The zero-order valence-corrected chi connectivity index (χ0v) is 27.7. The lowest BCUT2D eigenvalue weighted by molar-refractivity contribution is -0.270. The van der Waals surface area contributed by atoms with Gasteiger partial charge >= 0.3 is 18.2 Å². The van der Waals surface area contributed by atoms with Crippen LogP contribution in [0.25, 0.3) is 11.3 Å². The molecular weight excluding hydrogens is 664 g/mol. The number of aliphatic hydroxyl groups is 1. The molecule has 1 unspecified atom stereocenters. The number of amides is 1. The SMILES string of the molecule is COc1cc(C(=O)CCC(O)(c2cc(C(C)(C)NC(=O)OC(C)(C)C)cc(-c3ccc(F)c(Cl)c3)n2)C(F)(F)F)ccc1OCC(=O)O. The van der Waals surface area contributed by atoms with Crippen LogP contribution in [0.5, 0.6) is 11.5 Å². The number of benzene rings is 2. The quantitative estimate of drug-likeness (QED) is 0.132. The van der Waals surface area contributed by atoms with Gasteiger partial charge < -0.3 is 29.7 Å². The smallest absolute Gasteiger partial charge is 0.422 e. The molecule has 0 saturated heterocycles. The number of carbonyl (C=O) groups excluding carboxylic acids is 2. The van der Waals surface area contributed by atoms with Crippen molar-refractivity contribution in [3.63, 3.8) is 0 Å². The molecule has 0 bridgehead atoms. The van der Waals surface area contributed by atoms with Gasteiger partial charge in [0.1, 0.15) is 11.4 Å². The third-order valence-corrected chi connectivity index (χ3v) is 7.31. The Labute approximate surface area is 279 Å². The third-order valence-electron chi connectivity index (χ3n) is 7.02. The number of carboxylic acids is 1. The van der Waals surface area contributed by atoms with Crippen molar-refractivity contribution >= 4 is 29.4 Å². The zero-order chi connectivity index (χ0) is 36.2. The molecule has 3 N–H and O–H groups in total. The Balaban J connectivity index is 2.08. The summed E-state index contributed by atoms with van der Waals surface area (Å²) in [6.45, 7) is 7.16. The van der Waals surface area contributed by atoms with Crippen molar-refractivity contribution in [3.05, 3.63) is 76.2 Å². The van der Waals surface area contributed by atoms with Crippen LogP contribution >= 0.6 is 11.6 Å². The normalized spacial score (nSPS) is 13.3. The monoisotopic (exact) mass is 698 g/mol. The van der Waals surface area contributed by atoms with E-state index in [2.05, 4.69) is 10.3 Å². The van der Waals surface area contributed by atoms with E-state index in [1.807, 2.05) is 0 Å². The molecule has 1 amide bonds. The number of alkyl carbamates (subject to hydrolysis) is 1. The highest BCUT2D eigenvalue weighted by Gasteiger charge is 2.56. The van der Waals surface area contributed by atoms with Crippen molar-refractivity contribution in [1.29, 1.82) is 0 Å². The second-order valence-corrected chi connectivity index (χ2v) is 12.7. The molecule has 1 atom stereocenters. The highest BCUT2D eigenvalue weighted by molar-refractivity contribution is 6.31. The molecule has 10 nitrogen and oxygen atoms in total. The molecule has 0 radical (unpaired) electrons. The minimum Gasteiger partial charge on any atom is -0.493 e. The van der Waals surface area contributed by atoms with Crippen molar-refractivity contribution in [2.45, 2.75) is 70.4 Å². The van der Waals surface area contributed by atoms with E-state index in [-0.39, 0.29) is 38.9 Å². The number of nitrogens with one attached hydrogen (secondary N) is 1. The molecule has 2 aromatic carbocycles. The van der Waals surface area contributed by atoms with Crippen LogP contribution in [0, 0.1) is 5.82 Å². The number of carboxylic acid groups (broad SMARTS) is 1. The number of Topliss-reactive ketones (excluding diaryl/α,β-unsaturated/α-hetero) is 1. The minimum atomic E-state index is -5.36. The second kappa shape index (κ2) is 14.4. The number of pyridine rings is 1. The highest BCUT2D eigenvalue weighted by Crippen LogP contribution is 2.44. The molecule has 15 heteroatoms. The number of nitrogens with zero attached hydrogens (tertiary/aromatic N) is 1. The fraction of sp³-hybridized carbons (Fsp3) is 0.394. The summed E-state index contributed by atoms with van der Waals surface area (Å²) in [4.78, 5) is 40.7. The van der Waals surface area contributed by atoms with Crippen LogP contribution in [0.2, 0.25) is 5.02 Å². The molecule has 0 fully saturated rings. The lowest BCUT2D eigenvalue weighted by Crippen LogP contribution is -2.45. The van der Waals surface area contributed by atoms with Gasteiger partial charge in [0, 0.05) is 17.5 Å². The molecule has 48 heavy (non-hydrogen) atoms. The van der Waals surface area contributed by atoms with E-state index in [1.165, 1.54) is 51.3 Å². The van der Waals surface area contributed by atoms with E-state index in [0.717, 1.165) is 18.2 Å². The number of hydrogen-bond donors (Lipinski definition) is 3. The first-order chi connectivity index (χ1) is 22.1. The summed E-state index contributed by atoms with van der Waals surface area (Å²) in [5.41, 5.74) is -6.94. The molecule has 0 spiro atoms. The van der Waals surface area contributed by atoms with Gasteiger partial charge in [-0.1, -0.05) is 11.6 Å². The fourth-order valence-electron chi connectivity index (χ4n) is 4.49. The van der Waals surface area contributed by atoms with Crippen molar-refractivity contribution in [2.24, 2.45) is 0 Å². The summed E-state index contributed by atoms with van der Waals surface area (Å²) in [5, 5.41) is 22.5. The van der Waals surface area contributed by atoms with Crippen LogP contribution in [0.4, 0.5) is 22.4 Å². The first-order valence-electron chi connectivity index (χ1n) is 14.4. The van der Waals surface area contributed by atoms with E-state index >= 15 is 0 Å². The molecule has 0 aliphatic carbocycles. The predicted molar refractivity (Wildman–Crippen MR) is 167 cm³/mol. The molecule has 0 aliphatic heterocycles. The number of aromatic nitrogens is 1. The number of carbonyl (C=O) groups is 3. The summed E-state index contributed by atoms with van der Waals surface area (Å²) in [6.07, 6.45) is -8.22. The van der Waals surface area contributed by atoms with Gasteiger partial charge in [-0.25, -0.2) is 19.0 Å². The van der Waals surface area contributed by atoms with Crippen LogP contribution in [0.3, 0.4) is 0 Å². The lowest BCUT2D eigenvalue weighted by Gasteiger charge is -2.33. The predicted octanol–water partition coefficient (Wildman–Crippen LogP) is 7.19. The summed E-state index contributed by atoms with van der Waals surface area (Å²) in [5.74, 6) is -2.91. The van der Waals surface area contributed by atoms with E-state index in [4.69, 9.17) is 30.9 Å². The van der Waals surface area contributed by atoms with Crippen LogP contribution in [0.15, 0.2) is 48.5 Å². The van der Waals surface area contributed by atoms with Crippen molar-refractivity contribution < 1.29 is 56.4 Å². The van der Waals surface area contributed by atoms with E-state index in [1.54, 1.807) is 20.8 Å². The van der Waals surface area contributed by atoms with E-state index in [0.29, 0.717) is 0 Å². The molecular formula is C33H35ClF4N2O8. The van der Waals surface area contributed by atoms with Crippen LogP contribution in [-0.4, -0.2) is 58.5 Å². The maximum absolute atomic E-state index is 14.8. The summed E-state index contributed by atoms with van der Waals surface area (Å²) in [7, 11) is 1.23. The number of hydrogen-bond acceptors (Lipinski definition) is 8. The average Bonchev–Trinajstić information content (AvgIpc) is 2.97. The Hall–Kier alpha value is -4.43. The van der Waals surface area contributed by atoms with E-state index < -0.39 is 71.7 Å². The molecule has 260 valence electrons. The van der Waals surface area contributed by atoms with Gasteiger partial charge in [-0.3, -0.25) is 4.79 Å².